The average Bonchev–Trinajstić information content (AvgIpc) is 2.87. The minimum absolute atomic E-state index is 0.131. The van der Waals surface area contributed by atoms with E-state index in [-0.39, 0.29) is 6.61 Å². The summed E-state index contributed by atoms with van der Waals surface area (Å²) in [5, 5.41) is 13.7. The number of para-hydroxylation sites is 1. The molecule has 1 aromatic heterocycles. The molecule has 34 heavy (non-hydrogen) atoms. The Morgan fingerprint density at radius 1 is 1.03 bits per heavy atom. The van der Waals surface area contributed by atoms with E-state index >= 15 is 0 Å². The van der Waals surface area contributed by atoms with E-state index in [1.165, 1.54) is 20.4 Å². The molecule has 4 aromatic rings. The molecule has 0 aliphatic rings. The number of aromatic amines is 1. The zero-order valence-corrected chi connectivity index (χ0v) is 18.4. The van der Waals surface area contributed by atoms with Crippen LogP contribution in [0.3, 0.4) is 0 Å². The molecule has 3 aromatic carbocycles. The van der Waals surface area contributed by atoms with Gasteiger partial charge in [0.05, 0.1) is 43.0 Å². The van der Waals surface area contributed by atoms with Gasteiger partial charge in [-0.2, -0.15) is 10.4 Å². The summed E-state index contributed by atoms with van der Waals surface area (Å²) in [4.78, 5) is 27.7. The molecule has 0 aliphatic heterocycles. The molecular weight excluding hydrogens is 436 g/mol. The van der Waals surface area contributed by atoms with E-state index in [0.717, 1.165) is 10.2 Å². The third-order valence-electron chi connectivity index (χ3n) is 5.10. The second-order valence-corrected chi connectivity index (χ2v) is 7.15. The van der Waals surface area contributed by atoms with Crippen molar-refractivity contribution in [1.82, 2.24) is 9.66 Å². The minimum atomic E-state index is -0.657. The van der Waals surface area contributed by atoms with Crippen LogP contribution < -0.4 is 25.5 Å². The van der Waals surface area contributed by atoms with Gasteiger partial charge in [-0.1, -0.05) is 30.3 Å². The van der Waals surface area contributed by atoms with Crippen molar-refractivity contribution < 1.29 is 14.2 Å². The molecule has 1 heterocycles. The van der Waals surface area contributed by atoms with Gasteiger partial charge in [0.25, 0.3) is 5.56 Å². The highest BCUT2D eigenvalue weighted by molar-refractivity contribution is 5.82. The normalized spacial score (nSPS) is 10.9. The van der Waals surface area contributed by atoms with Gasteiger partial charge in [0.15, 0.2) is 11.5 Å². The molecule has 170 valence electrons. The number of fused-ring (bicyclic) bond motifs is 1. The fourth-order valence-corrected chi connectivity index (χ4v) is 3.40. The van der Waals surface area contributed by atoms with Gasteiger partial charge in [0.2, 0.25) is 5.75 Å². The molecule has 0 unspecified atom stereocenters. The Labute approximate surface area is 194 Å². The first-order valence-corrected chi connectivity index (χ1v) is 10.2. The Kier molecular flexibility index (Phi) is 6.41. The van der Waals surface area contributed by atoms with Crippen molar-refractivity contribution in [2.75, 3.05) is 14.2 Å². The van der Waals surface area contributed by atoms with Crippen molar-refractivity contribution in [3.05, 3.63) is 98.2 Å². The zero-order chi connectivity index (χ0) is 24.1. The van der Waals surface area contributed by atoms with Gasteiger partial charge in [-0.15, -0.1) is 4.68 Å². The van der Waals surface area contributed by atoms with Crippen LogP contribution in [0.25, 0.3) is 10.9 Å². The molecule has 0 saturated heterocycles. The molecule has 1 N–H and O–H groups in total. The van der Waals surface area contributed by atoms with E-state index < -0.39 is 11.2 Å². The molecule has 4 rings (SSSR count). The predicted molar refractivity (Wildman–Crippen MR) is 127 cm³/mol. The second kappa shape index (κ2) is 9.75. The maximum atomic E-state index is 12.7. The summed E-state index contributed by atoms with van der Waals surface area (Å²) in [6, 6.07) is 19.2. The van der Waals surface area contributed by atoms with E-state index in [0.29, 0.717) is 39.3 Å². The Balaban J connectivity index is 1.68. The molecule has 0 spiro atoms. The number of hydrogen-bond donors (Lipinski definition) is 1. The third kappa shape index (κ3) is 4.38. The second-order valence-electron chi connectivity index (χ2n) is 7.15. The minimum Gasteiger partial charge on any atom is -0.493 e. The van der Waals surface area contributed by atoms with E-state index in [9.17, 15) is 14.9 Å². The number of benzene rings is 3. The van der Waals surface area contributed by atoms with Crippen LogP contribution in [-0.4, -0.2) is 30.1 Å². The van der Waals surface area contributed by atoms with Crippen LogP contribution in [0, 0.1) is 11.3 Å². The van der Waals surface area contributed by atoms with E-state index in [4.69, 9.17) is 14.2 Å². The summed E-state index contributed by atoms with van der Waals surface area (Å²) in [6.45, 7) is 0.131. The molecule has 0 saturated carbocycles. The molecular formula is C25H20N4O5. The number of ether oxygens (including phenoxy) is 3. The van der Waals surface area contributed by atoms with Crippen LogP contribution in [0.4, 0.5) is 0 Å². The molecule has 0 fully saturated rings. The lowest BCUT2D eigenvalue weighted by molar-refractivity contribution is 0.265. The quantitative estimate of drug-likeness (QED) is 0.427. The van der Waals surface area contributed by atoms with Crippen LogP contribution in [0.5, 0.6) is 17.2 Å². The van der Waals surface area contributed by atoms with E-state index in [1.54, 1.807) is 54.6 Å². The molecule has 0 aliphatic carbocycles. The molecule has 0 radical (unpaired) electrons. The van der Waals surface area contributed by atoms with Crippen molar-refractivity contribution in [3.8, 4) is 23.3 Å². The van der Waals surface area contributed by atoms with Crippen LogP contribution in [0.15, 0.2) is 75.4 Å². The van der Waals surface area contributed by atoms with Gasteiger partial charge in [0.1, 0.15) is 6.61 Å². The SMILES string of the molecule is COc1cc(C=Nn2c(=O)[nH]c3ccccc3c2=O)cc(OC)c1OCc1ccccc1C#N. The lowest BCUT2D eigenvalue weighted by Gasteiger charge is -2.15. The highest BCUT2D eigenvalue weighted by Crippen LogP contribution is 2.38. The average molecular weight is 456 g/mol. The number of nitrogens with one attached hydrogen (secondary N) is 1. The maximum Gasteiger partial charge on any atom is 0.349 e. The van der Waals surface area contributed by atoms with Crippen LogP contribution >= 0.6 is 0 Å². The molecule has 0 atom stereocenters. The third-order valence-corrected chi connectivity index (χ3v) is 5.10. The Hall–Kier alpha value is -4.84. The van der Waals surface area contributed by atoms with Gasteiger partial charge in [0, 0.05) is 11.1 Å². The van der Waals surface area contributed by atoms with Gasteiger partial charge in [-0.3, -0.25) is 4.79 Å². The van der Waals surface area contributed by atoms with Gasteiger partial charge in [-0.25, -0.2) is 4.79 Å². The number of hydrogen-bond acceptors (Lipinski definition) is 7. The van der Waals surface area contributed by atoms with Crippen molar-refractivity contribution >= 4 is 17.1 Å². The number of nitrogens with zero attached hydrogens (tertiary/aromatic N) is 3. The first-order valence-electron chi connectivity index (χ1n) is 10.2. The molecule has 0 amide bonds. The molecule has 9 heteroatoms. The monoisotopic (exact) mass is 456 g/mol. The van der Waals surface area contributed by atoms with Crippen molar-refractivity contribution in [2.45, 2.75) is 6.61 Å². The summed E-state index contributed by atoms with van der Waals surface area (Å²) in [5.41, 5.74) is 0.982. The van der Waals surface area contributed by atoms with Crippen molar-refractivity contribution in [2.24, 2.45) is 5.10 Å². The Bertz CT molecular complexity index is 1520. The number of nitriles is 1. The fraction of sp³-hybridized carbons (Fsp3) is 0.120. The summed E-state index contributed by atoms with van der Waals surface area (Å²) >= 11 is 0. The van der Waals surface area contributed by atoms with Crippen LogP contribution in [-0.2, 0) is 6.61 Å². The zero-order valence-electron chi connectivity index (χ0n) is 18.4. The molecule has 0 bridgehead atoms. The van der Waals surface area contributed by atoms with Gasteiger partial charge >= 0.3 is 5.69 Å². The fourth-order valence-electron chi connectivity index (χ4n) is 3.40. The first kappa shape index (κ1) is 22.4. The standard InChI is InChI=1S/C25H20N4O5/c1-32-21-11-16(14-27-29-24(30)19-9-5-6-10-20(19)28-25(29)31)12-22(33-2)23(21)34-15-18-8-4-3-7-17(18)13-26/h3-12,14H,15H2,1-2H3,(H,28,31). The first-order chi connectivity index (χ1) is 16.5. The number of H-pyrrole nitrogens is 1. The van der Waals surface area contributed by atoms with Crippen molar-refractivity contribution in [1.29, 1.82) is 5.26 Å². The predicted octanol–water partition coefficient (Wildman–Crippen LogP) is 3.04. The van der Waals surface area contributed by atoms with Gasteiger partial charge in [-0.05, 0) is 30.3 Å². The van der Waals surface area contributed by atoms with Gasteiger partial charge < -0.3 is 19.2 Å². The Morgan fingerprint density at radius 3 is 2.41 bits per heavy atom. The summed E-state index contributed by atoms with van der Waals surface area (Å²) in [7, 11) is 2.95. The summed E-state index contributed by atoms with van der Waals surface area (Å²) < 4.78 is 17.6. The topological polar surface area (TPSA) is 119 Å². The van der Waals surface area contributed by atoms with Crippen LogP contribution in [0.2, 0.25) is 0 Å². The van der Waals surface area contributed by atoms with E-state index in [1.807, 2.05) is 6.07 Å². The molecule has 9 nitrogen and oxygen atoms in total. The van der Waals surface area contributed by atoms with Crippen molar-refractivity contribution in [3.63, 3.8) is 0 Å². The summed E-state index contributed by atoms with van der Waals surface area (Å²) in [6.07, 6.45) is 1.35. The number of aromatic nitrogens is 2. The number of rotatable bonds is 7. The number of methoxy groups -OCH3 is 2. The van der Waals surface area contributed by atoms with Crippen LogP contribution in [0.1, 0.15) is 16.7 Å². The lowest BCUT2D eigenvalue weighted by Crippen LogP contribution is -2.32. The maximum absolute atomic E-state index is 12.7. The Morgan fingerprint density at radius 2 is 1.71 bits per heavy atom. The smallest absolute Gasteiger partial charge is 0.349 e. The highest BCUT2D eigenvalue weighted by Gasteiger charge is 2.15. The lowest BCUT2D eigenvalue weighted by atomic mass is 10.1. The highest BCUT2D eigenvalue weighted by atomic mass is 16.5. The summed E-state index contributed by atoms with van der Waals surface area (Å²) in [5.74, 6) is 1.06. The van der Waals surface area contributed by atoms with E-state index in [2.05, 4.69) is 16.2 Å². The largest absolute Gasteiger partial charge is 0.493 e.